The minimum absolute atomic E-state index is 0.908. The fraction of sp³-hybridized carbons (Fsp3) is 0.214. The summed E-state index contributed by atoms with van der Waals surface area (Å²) < 4.78 is 0. The Labute approximate surface area is 680 Å². The molecule has 0 aliphatic heterocycles. The first-order valence-electron chi connectivity index (χ1n) is 42.4. The van der Waals surface area contributed by atoms with Gasteiger partial charge >= 0.3 is 0 Å². The van der Waals surface area contributed by atoms with Crippen LogP contribution in [0.15, 0.2) is 316 Å². The number of fused-ring (bicyclic) bond motifs is 2. The van der Waals surface area contributed by atoms with Crippen LogP contribution in [0, 0.1) is 27.7 Å². The van der Waals surface area contributed by atoms with Gasteiger partial charge in [0.15, 0.2) is 0 Å². The number of nitrogens with zero attached hydrogens (tertiary/aromatic N) is 2. The van der Waals surface area contributed by atoms with Crippen molar-refractivity contribution >= 4 is 61.7 Å². The highest BCUT2D eigenvalue weighted by Crippen LogP contribution is 2.48. The maximum absolute atomic E-state index is 4.07. The Balaban J connectivity index is 0.770. The van der Waals surface area contributed by atoms with E-state index in [4.69, 9.17) is 0 Å². The van der Waals surface area contributed by atoms with Gasteiger partial charge in [0.25, 0.3) is 0 Å². The van der Waals surface area contributed by atoms with Crippen LogP contribution in [0.2, 0.25) is 0 Å². The van der Waals surface area contributed by atoms with Crippen molar-refractivity contribution < 1.29 is 0 Å². The average Bonchev–Trinajstić information content (AvgIpc) is 0.731. The number of hydrogen-bond donors (Lipinski definition) is 0. The van der Waals surface area contributed by atoms with E-state index in [2.05, 4.69) is 381 Å². The molecule has 15 aromatic carbocycles. The summed E-state index contributed by atoms with van der Waals surface area (Å²) in [6.07, 6.45) is 21.8. The van der Waals surface area contributed by atoms with E-state index in [1.807, 2.05) is 6.08 Å². The zero-order valence-electron chi connectivity index (χ0n) is 68.4. The van der Waals surface area contributed by atoms with E-state index in [9.17, 15) is 0 Å². The third kappa shape index (κ3) is 17.2. The molecule has 0 amide bonds. The van der Waals surface area contributed by atoms with Crippen molar-refractivity contribution in [3.63, 3.8) is 0 Å². The average molecular weight is 1480 g/mol. The molecular weight excluding hydrogens is 1370 g/mol. The molecular formula is C112H110N2. The lowest BCUT2D eigenvalue weighted by molar-refractivity contribution is 0.607. The molecule has 0 saturated heterocycles. The molecule has 0 aliphatic rings. The molecule has 15 rings (SSSR count). The van der Waals surface area contributed by atoms with Crippen molar-refractivity contribution in [1.29, 1.82) is 0 Å². The van der Waals surface area contributed by atoms with E-state index in [1.54, 1.807) is 0 Å². The highest BCUT2D eigenvalue weighted by atomic mass is 15.1. The summed E-state index contributed by atoms with van der Waals surface area (Å²) in [5.41, 5.74) is 38.0. The van der Waals surface area contributed by atoms with E-state index in [0.29, 0.717) is 0 Å². The smallest absolute Gasteiger partial charge is 0.0464 e. The number of rotatable bonds is 31. The van der Waals surface area contributed by atoms with Crippen molar-refractivity contribution in [1.82, 2.24) is 0 Å². The van der Waals surface area contributed by atoms with Gasteiger partial charge in [-0.25, -0.2) is 0 Å². The van der Waals surface area contributed by atoms with Gasteiger partial charge in [-0.2, -0.15) is 0 Å². The van der Waals surface area contributed by atoms with Gasteiger partial charge in [-0.3, -0.25) is 0 Å². The third-order valence-electron chi connectivity index (χ3n) is 24.1. The van der Waals surface area contributed by atoms with Crippen LogP contribution in [0.4, 0.5) is 34.1 Å². The van der Waals surface area contributed by atoms with Crippen LogP contribution in [-0.4, -0.2) is 0 Å². The van der Waals surface area contributed by atoms with Crippen molar-refractivity contribution in [2.45, 2.75) is 158 Å². The van der Waals surface area contributed by atoms with E-state index < -0.39 is 0 Å². The zero-order valence-corrected chi connectivity index (χ0v) is 68.4. The van der Waals surface area contributed by atoms with Gasteiger partial charge in [0.05, 0.1) is 0 Å². The SMILES string of the molecule is C=Cc1cc(-c2ccc(-c3ccc(N(c4ccc(-c5cc6ccccc6c(-c6c(C)c(-c7ccc(N(c8ccc(-c9ccc(C)cc9)cc8)c8ccc(-c9ccc(CCCCCCCC)cc9)c(CC)c8)cc7)cc7ccccc67)c5C)cc4)c4ccc(-c5ccc(CCCCCCCC)cc5)c(CC)c4)cc3)cc2)ccc1C. The first kappa shape index (κ1) is 77.5. The van der Waals surface area contributed by atoms with Gasteiger partial charge in [0, 0.05) is 34.1 Å². The fourth-order valence-corrected chi connectivity index (χ4v) is 17.4. The molecule has 0 N–H and O–H groups in total. The minimum Gasteiger partial charge on any atom is -0.310 e. The first-order chi connectivity index (χ1) is 55.9. The van der Waals surface area contributed by atoms with Crippen LogP contribution in [0.5, 0.6) is 0 Å². The molecule has 114 heavy (non-hydrogen) atoms. The van der Waals surface area contributed by atoms with Crippen LogP contribution in [0.25, 0.3) is 117 Å². The van der Waals surface area contributed by atoms with Crippen LogP contribution < -0.4 is 9.80 Å². The van der Waals surface area contributed by atoms with Gasteiger partial charge in [-0.05, 0) is 312 Å². The van der Waals surface area contributed by atoms with E-state index in [1.165, 1.54) is 232 Å². The number of hydrogen-bond acceptors (Lipinski definition) is 2. The summed E-state index contributed by atoms with van der Waals surface area (Å²) in [4.78, 5) is 4.89. The lowest BCUT2D eigenvalue weighted by Gasteiger charge is -2.27. The molecule has 568 valence electrons. The molecule has 0 radical (unpaired) electrons. The Morgan fingerprint density at radius 1 is 0.272 bits per heavy atom. The van der Waals surface area contributed by atoms with Crippen molar-refractivity contribution in [2.24, 2.45) is 0 Å². The molecule has 0 aliphatic carbocycles. The molecule has 0 spiro atoms. The molecule has 0 aromatic heterocycles. The fourth-order valence-electron chi connectivity index (χ4n) is 17.4. The second-order valence-electron chi connectivity index (χ2n) is 31.7. The van der Waals surface area contributed by atoms with Gasteiger partial charge in [0.2, 0.25) is 0 Å². The quantitative estimate of drug-likeness (QED) is 0.0400. The van der Waals surface area contributed by atoms with Crippen LogP contribution in [0.3, 0.4) is 0 Å². The van der Waals surface area contributed by atoms with Gasteiger partial charge in [-0.1, -0.05) is 329 Å². The second kappa shape index (κ2) is 36.3. The van der Waals surface area contributed by atoms with Gasteiger partial charge in [0.1, 0.15) is 0 Å². The first-order valence-corrected chi connectivity index (χ1v) is 42.4. The summed E-state index contributed by atoms with van der Waals surface area (Å²) in [6.45, 7) is 22.2. The second-order valence-corrected chi connectivity index (χ2v) is 31.7. The van der Waals surface area contributed by atoms with Crippen molar-refractivity contribution in [2.75, 3.05) is 9.80 Å². The molecule has 2 heteroatoms. The predicted molar refractivity (Wildman–Crippen MR) is 496 cm³/mol. The molecule has 0 unspecified atom stereocenters. The summed E-state index contributed by atoms with van der Waals surface area (Å²) in [6, 6.07) is 117. The van der Waals surface area contributed by atoms with Gasteiger partial charge in [-0.15, -0.1) is 0 Å². The summed E-state index contributed by atoms with van der Waals surface area (Å²) in [5, 5.41) is 4.92. The monoisotopic (exact) mass is 1480 g/mol. The van der Waals surface area contributed by atoms with Crippen molar-refractivity contribution in [3.8, 4) is 89.0 Å². The maximum atomic E-state index is 4.07. The third-order valence-corrected chi connectivity index (χ3v) is 24.1. The maximum Gasteiger partial charge on any atom is 0.0464 e. The molecule has 0 atom stereocenters. The number of benzene rings is 15. The summed E-state index contributed by atoms with van der Waals surface area (Å²) in [5.74, 6) is 0. The Bertz CT molecular complexity index is 5780. The Hall–Kier alpha value is -11.8. The number of unbranched alkanes of at least 4 members (excludes halogenated alkanes) is 10. The molecule has 0 bridgehead atoms. The molecule has 0 fully saturated rings. The van der Waals surface area contributed by atoms with E-state index in [-0.39, 0.29) is 0 Å². The molecule has 2 nitrogen and oxygen atoms in total. The minimum atomic E-state index is 0.908. The lowest BCUT2D eigenvalue weighted by Crippen LogP contribution is -2.10. The predicted octanol–water partition coefficient (Wildman–Crippen LogP) is 33.1. The topological polar surface area (TPSA) is 6.48 Å². The highest BCUT2D eigenvalue weighted by molar-refractivity contribution is 6.12. The van der Waals surface area contributed by atoms with Gasteiger partial charge < -0.3 is 9.80 Å². The summed E-state index contributed by atoms with van der Waals surface area (Å²) >= 11 is 0. The number of aryl methyl sites for hydroxylation is 6. The highest BCUT2D eigenvalue weighted by Gasteiger charge is 2.24. The Morgan fingerprint density at radius 2 is 0.588 bits per heavy atom. The molecule has 0 saturated carbocycles. The molecule has 0 heterocycles. The largest absolute Gasteiger partial charge is 0.310 e. The molecule has 15 aromatic rings. The Morgan fingerprint density at radius 3 is 0.974 bits per heavy atom. The standard InChI is InChI=1S/C112H110N2/c1-10-15-17-19-21-23-29-82-38-45-92(46-39-82)105-71-69-103(74-85(105)13-4)113(99-61-53-89(54-62-99)87-42-35-78(6)36-43-87)101-65-57-94(58-66-101)109-76-97-31-25-27-33-107(97)111(80(109)8)112-81(9)110(77-98-32-26-28-34-108(98)112)95-59-67-102(68-60-95)114(100-63-55-90(56-64-100)88-49-51-91(52-50-88)96-44-37-79(7)84(12-3)73-96)104-70-72-106(86(14-5)75-104)93-47-40-83(41-48-93)30-24-22-20-18-16-11-2/h12,25-28,31-77H,3,10-11,13-24,29-30H2,1-2,4-9H3. The van der Waals surface area contributed by atoms with Crippen LogP contribution in [0.1, 0.15) is 155 Å². The summed E-state index contributed by atoms with van der Waals surface area (Å²) in [7, 11) is 0. The zero-order chi connectivity index (χ0) is 78.4. The van der Waals surface area contributed by atoms with Crippen LogP contribution >= 0.6 is 0 Å². The Kier molecular flexibility index (Phi) is 24.7. The van der Waals surface area contributed by atoms with Crippen molar-refractivity contribution in [3.05, 3.63) is 366 Å². The normalized spacial score (nSPS) is 11.4. The van der Waals surface area contributed by atoms with E-state index in [0.717, 1.165) is 65.4 Å². The van der Waals surface area contributed by atoms with E-state index >= 15 is 0 Å². The van der Waals surface area contributed by atoms with Crippen LogP contribution in [-0.2, 0) is 25.7 Å². The lowest BCUT2D eigenvalue weighted by atomic mass is 9.82. The number of anilines is 6.